The Morgan fingerprint density at radius 3 is 2.71 bits per heavy atom. The molecule has 4 heteroatoms. The van der Waals surface area contributed by atoms with E-state index in [0.29, 0.717) is 16.5 Å². The van der Waals surface area contributed by atoms with Crippen LogP contribution in [0, 0.1) is 6.92 Å². The molecule has 0 bridgehead atoms. The van der Waals surface area contributed by atoms with Crippen molar-refractivity contribution in [2.24, 2.45) is 0 Å². The standard InChI is InChI=1S/C17H21ClN2O/c1-4-9-19-13(3)16-7-6-14(11-20-16)21-17-8-5-12(2)10-15(17)18/h5-8,10-11,13,19H,4,9H2,1-3H3. The minimum Gasteiger partial charge on any atom is -0.454 e. The van der Waals surface area contributed by atoms with Gasteiger partial charge in [0.1, 0.15) is 11.5 Å². The van der Waals surface area contributed by atoms with Crippen LogP contribution in [0.3, 0.4) is 0 Å². The molecule has 0 spiro atoms. The number of aromatic nitrogens is 1. The van der Waals surface area contributed by atoms with Crippen molar-refractivity contribution in [2.75, 3.05) is 6.54 Å². The van der Waals surface area contributed by atoms with Crippen molar-refractivity contribution in [3.05, 3.63) is 52.8 Å². The summed E-state index contributed by atoms with van der Waals surface area (Å²) >= 11 is 6.16. The summed E-state index contributed by atoms with van der Waals surface area (Å²) in [6, 6.07) is 9.86. The molecule has 0 saturated heterocycles. The SMILES string of the molecule is CCCNC(C)c1ccc(Oc2ccc(C)cc2Cl)cn1. The van der Waals surface area contributed by atoms with Crippen LogP contribution in [0.4, 0.5) is 0 Å². The van der Waals surface area contributed by atoms with Gasteiger partial charge >= 0.3 is 0 Å². The summed E-state index contributed by atoms with van der Waals surface area (Å²) in [5.74, 6) is 1.33. The van der Waals surface area contributed by atoms with E-state index >= 15 is 0 Å². The molecule has 112 valence electrons. The molecule has 2 rings (SSSR count). The zero-order valence-electron chi connectivity index (χ0n) is 12.7. The van der Waals surface area contributed by atoms with E-state index in [1.54, 1.807) is 6.20 Å². The first-order valence-electron chi connectivity index (χ1n) is 7.23. The molecule has 1 aromatic heterocycles. The predicted molar refractivity (Wildman–Crippen MR) is 87.2 cm³/mol. The third kappa shape index (κ3) is 4.45. The maximum atomic E-state index is 6.16. The third-order valence-electron chi connectivity index (χ3n) is 3.22. The second-order valence-corrected chi connectivity index (χ2v) is 5.54. The molecule has 0 radical (unpaired) electrons. The van der Waals surface area contributed by atoms with E-state index in [2.05, 4.69) is 24.1 Å². The molecular weight excluding hydrogens is 284 g/mol. The summed E-state index contributed by atoms with van der Waals surface area (Å²) in [6.07, 6.45) is 2.84. The van der Waals surface area contributed by atoms with Crippen LogP contribution < -0.4 is 10.1 Å². The number of ether oxygens (including phenoxy) is 1. The smallest absolute Gasteiger partial charge is 0.146 e. The van der Waals surface area contributed by atoms with E-state index < -0.39 is 0 Å². The number of hydrogen-bond donors (Lipinski definition) is 1. The Kier molecular flexibility index (Phi) is 5.59. The van der Waals surface area contributed by atoms with Gasteiger partial charge in [-0.2, -0.15) is 0 Å². The Hall–Kier alpha value is -1.58. The molecule has 2 aromatic rings. The van der Waals surface area contributed by atoms with E-state index in [0.717, 1.165) is 24.2 Å². The lowest BCUT2D eigenvalue weighted by atomic mass is 10.2. The van der Waals surface area contributed by atoms with E-state index in [4.69, 9.17) is 16.3 Å². The van der Waals surface area contributed by atoms with E-state index in [1.165, 1.54) is 0 Å². The molecule has 0 aliphatic carbocycles. The Bertz CT molecular complexity index is 584. The second kappa shape index (κ2) is 7.43. The van der Waals surface area contributed by atoms with Crippen molar-refractivity contribution >= 4 is 11.6 Å². The van der Waals surface area contributed by atoms with Crippen LogP contribution in [0.15, 0.2) is 36.5 Å². The zero-order valence-corrected chi connectivity index (χ0v) is 13.4. The maximum absolute atomic E-state index is 6.16. The van der Waals surface area contributed by atoms with Gasteiger partial charge in [0.15, 0.2) is 0 Å². The van der Waals surface area contributed by atoms with Crippen LogP contribution in [-0.2, 0) is 0 Å². The lowest BCUT2D eigenvalue weighted by Gasteiger charge is -2.13. The normalized spacial score (nSPS) is 12.2. The predicted octanol–water partition coefficient (Wildman–Crippen LogP) is 4.90. The molecular formula is C17H21ClN2O. The number of pyridine rings is 1. The van der Waals surface area contributed by atoms with Crippen LogP contribution in [0.1, 0.15) is 37.6 Å². The molecule has 1 unspecified atom stereocenters. The molecule has 1 atom stereocenters. The molecule has 0 saturated carbocycles. The van der Waals surface area contributed by atoms with Crippen LogP contribution in [-0.4, -0.2) is 11.5 Å². The van der Waals surface area contributed by atoms with E-state index in [-0.39, 0.29) is 6.04 Å². The van der Waals surface area contributed by atoms with Crippen molar-refractivity contribution in [3.63, 3.8) is 0 Å². The highest BCUT2D eigenvalue weighted by Gasteiger charge is 2.07. The molecule has 3 nitrogen and oxygen atoms in total. The Balaban J connectivity index is 2.05. The van der Waals surface area contributed by atoms with Crippen molar-refractivity contribution in [1.29, 1.82) is 0 Å². The molecule has 21 heavy (non-hydrogen) atoms. The highest BCUT2D eigenvalue weighted by atomic mass is 35.5. The average molecular weight is 305 g/mol. The first kappa shape index (κ1) is 15.8. The van der Waals surface area contributed by atoms with Crippen molar-refractivity contribution in [3.8, 4) is 11.5 Å². The van der Waals surface area contributed by atoms with Gasteiger partial charge in [0.25, 0.3) is 0 Å². The highest BCUT2D eigenvalue weighted by molar-refractivity contribution is 6.32. The van der Waals surface area contributed by atoms with Gasteiger partial charge in [-0.1, -0.05) is 24.6 Å². The Morgan fingerprint density at radius 1 is 1.29 bits per heavy atom. The number of hydrogen-bond acceptors (Lipinski definition) is 3. The summed E-state index contributed by atoms with van der Waals surface area (Å²) in [5.41, 5.74) is 2.11. The number of nitrogens with zero attached hydrogens (tertiary/aromatic N) is 1. The quantitative estimate of drug-likeness (QED) is 0.824. The molecule has 1 aromatic carbocycles. The Morgan fingerprint density at radius 2 is 2.10 bits per heavy atom. The summed E-state index contributed by atoms with van der Waals surface area (Å²) in [7, 11) is 0. The topological polar surface area (TPSA) is 34.1 Å². The van der Waals surface area contributed by atoms with E-state index in [1.807, 2.05) is 37.3 Å². The molecule has 0 amide bonds. The summed E-state index contributed by atoms with van der Waals surface area (Å²) in [4.78, 5) is 4.44. The fourth-order valence-electron chi connectivity index (χ4n) is 1.99. The summed E-state index contributed by atoms with van der Waals surface area (Å²) in [5, 5.41) is 4.02. The maximum Gasteiger partial charge on any atom is 0.146 e. The number of rotatable bonds is 6. The molecule has 0 aliphatic rings. The number of aryl methyl sites for hydroxylation is 1. The minimum atomic E-state index is 0.238. The zero-order chi connectivity index (χ0) is 15.2. The first-order chi connectivity index (χ1) is 10.1. The van der Waals surface area contributed by atoms with E-state index in [9.17, 15) is 0 Å². The molecule has 1 heterocycles. The molecule has 1 N–H and O–H groups in total. The van der Waals surface area contributed by atoms with Gasteiger partial charge in [0.2, 0.25) is 0 Å². The summed E-state index contributed by atoms with van der Waals surface area (Å²) < 4.78 is 5.77. The lowest BCUT2D eigenvalue weighted by molar-refractivity contribution is 0.478. The van der Waals surface area contributed by atoms with Gasteiger partial charge in [-0.25, -0.2) is 0 Å². The largest absolute Gasteiger partial charge is 0.454 e. The van der Waals surface area contributed by atoms with Gasteiger partial charge in [-0.05, 0) is 56.6 Å². The van der Waals surface area contributed by atoms with Crippen LogP contribution >= 0.6 is 11.6 Å². The average Bonchev–Trinajstić information content (AvgIpc) is 2.48. The third-order valence-corrected chi connectivity index (χ3v) is 3.51. The number of benzene rings is 1. The first-order valence-corrected chi connectivity index (χ1v) is 7.61. The van der Waals surface area contributed by atoms with Gasteiger partial charge in [0, 0.05) is 6.04 Å². The van der Waals surface area contributed by atoms with Gasteiger partial charge in [-0.15, -0.1) is 0 Å². The van der Waals surface area contributed by atoms with Crippen molar-refractivity contribution in [1.82, 2.24) is 10.3 Å². The van der Waals surface area contributed by atoms with Crippen LogP contribution in [0.2, 0.25) is 5.02 Å². The lowest BCUT2D eigenvalue weighted by Crippen LogP contribution is -2.20. The van der Waals surface area contributed by atoms with Gasteiger partial charge in [-0.3, -0.25) is 4.98 Å². The van der Waals surface area contributed by atoms with Crippen molar-refractivity contribution in [2.45, 2.75) is 33.2 Å². The fraction of sp³-hybridized carbons (Fsp3) is 0.353. The van der Waals surface area contributed by atoms with Gasteiger partial charge < -0.3 is 10.1 Å². The number of nitrogens with one attached hydrogen (secondary N) is 1. The van der Waals surface area contributed by atoms with Crippen LogP contribution in [0.25, 0.3) is 0 Å². The van der Waals surface area contributed by atoms with Crippen molar-refractivity contribution < 1.29 is 4.74 Å². The monoisotopic (exact) mass is 304 g/mol. The Labute approximate surface area is 131 Å². The molecule has 0 aliphatic heterocycles. The summed E-state index contributed by atoms with van der Waals surface area (Å²) in [6.45, 7) is 7.24. The molecule has 0 fully saturated rings. The minimum absolute atomic E-state index is 0.238. The second-order valence-electron chi connectivity index (χ2n) is 5.13. The number of halogens is 1. The van der Waals surface area contributed by atoms with Gasteiger partial charge in [0.05, 0.1) is 16.9 Å². The highest BCUT2D eigenvalue weighted by Crippen LogP contribution is 2.29. The van der Waals surface area contributed by atoms with Crippen LogP contribution in [0.5, 0.6) is 11.5 Å². The fourth-order valence-corrected chi connectivity index (χ4v) is 2.26.